The Balaban J connectivity index is 2.82. The average Bonchev–Trinajstić information content (AvgIpc) is 2.20. The summed E-state index contributed by atoms with van der Waals surface area (Å²) in [6.07, 6.45) is 0. The quantitative estimate of drug-likeness (QED) is 0.784. The second-order valence-electron chi connectivity index (χ2n) is 3.88. The Morgan fingerprint density at radius 1 is 1.14 bits per heavy atom. The zero-order valence-corrected chi connectivity index (χ0v) is 9.49. The first kappa shape index (κ1) is 11.2. The van der Waals surface area contributed by atoms with Crippen molar-refractivity contribution in [3.05, 3.63) is 35.9 Å². The number of hydrogen-bond acceptors (Lipinski definition) is 2. The summed E-state index contributed by atoms with van der Waals surface area (Å²) in [5.74, 6) is 0. The molecule has 2 nitrogen and oxygen atoms in total. The zero-order valence-electron chi connectivity index (χ0n) is 9.49. The van der Waals surface area contributed by atoms with Gasteiger partial charge in [0.2, 0.25) is 0 Å². The smallest absolute Gasteiger partial charge is 0.0472 e. The van der Waals surface area contributed by atoms with Crippen molar-refractivity contribution in [2.24, 2.45) is 0 Å². The van der Waals surface area contributed by atoms with E-state index in [-0.39, 0.29) is 0 Å². The summed E-state index contributed by atoms with van der Waals surface area (Å²) in [6, 6.07) is 11.4. The van der Waals surface area contributed by atoms with E-state index in [0.29, 0.717) is 12.1 Å². The minimum absolute atomic E-state index is 0.395. The van der Waals surface area contributed by atoms with E-state index in [2.05, 4.69) is 61.6 Å². The monoisotopic (exact) mass is 192 g/mol. The SMILES string of the molecule is CNC(c1ccccc1)C(C)N(C)C. The van der Waals surface area contributed by atoms with Gasteiger partial charge < -0.3 is 10.2 Å². The van der Waals surface area contributed by atoms with Gasteiger partial charge in [-0.05, 0) is 33.6 Å². The lowest BCUT2D eigenvalue weighted by Gasteiger charge is -2.29. The lowest BCUT2D eigenvalue weighted by Crippen LogP contribution is -2.37. The molecule has 0 aliphatic rings. The topological polar surface area (TPSA) is 15.3 Å². The number of rotatable bonds is 4. The van der Waals surface area contributed by atoms with Crippen LogP contribution in [0.3, 0.4) is 0 Å². The lowest BCUT2D eigenvalue weighted by atomic mass is 10.0. The predicted octanol–water partition coefficient (Wildman–Crippen LogP) is 1.90. The van der Waals surface area contributed by atoms with Gasteiger partial charge in [-0.15, -0.1) is 0 Å². The Morgan fingerprint density at radius 3 is 2.14 bits per heavy atom. The van der Waals surface area contributed by atoms with Gasteiger partial charge >= 0.3 is 0 Å². The molecule has 0 saturated carbocycles. The van der Waals surface area contributed by atoms with Crippen LogP contribution in [0.15, 0.2) is 30.3 Å². The van der Waals surface area contributed by atoms with Crippen LogP contribution in [0, 0.1) is 0 Å². The lowest BCUT2D eigenvalue weighted by molar-refractivity contribution is 0.254. The molecule has 0 amide bonds. The molecule has 0 aliphatic heterocycles. The minimum Gasteiger partial charge on any atom is -0.312 e. The maximum atomic E-state index is 3.36. The molecule has 0 radical (unpaired) electrons. The molecule has 0 heterocycles. The van der Waals surface area contributed by atoms with Crippen LogP contribution in [0.1, 0.15) is 18.5 Å². The van der Waals surface area contributed by atoms with Gasteiger partial charge in [0.15, 0.2) is 0 Å². The molecule has 1 rings (SSSR count). The second kappa shape index (κ2) is 5.13. The third kappa shape index (κ3) is 2.56. The molecule has 1 aromatic rings. The molecule has 2 heteroatoms. The summed E-state index contributed by atoms with van der Waals surface area (Å²) in [5, 5.41) is 3.36. The van der Waals surface area contributed by atoms with Crippen molar-refractivity contribution in [3.8, 4) is 0 Å². The Bertz CT molecular complexity index is 256. The normalized spacial score (nSPS) is 15.5. The van der Waals surface area contributed by atoms with Crippen molar-refractivity contribution in [1.29, 1.82) is 0 Å². The van der Waals surface area contributed by atoms with Crippen LogP contribution in [-0.2, 0) is 0 Å². The van der Waals surface area contributed by atoms with Crippen molar-refractivity contribution in [2.45, 2.75) is 19.0 Å². The first-order valence-electron chi connectivity index (χ1n) is 5.05. The van der Waals surface area contributed by atoms with E-state index in [9.17, 15) is 0 Å². The summed E-state index contributed by atoms with van der Waals surface area (Å²) in [6.45, 7) is 2.23. The fraction of sp³-hybridized carbons (Fsp3) is 0.500. The highest BCUT2D eigenvalue weighted by molar-refractivity contribution is 5.20. The van der Waals surface area contributed by atoms with Crippen LogP contribution < -0.4 is 5.32 Å². The van der Waals surface area contributed by atoms with E-state index in [0.717, 1.165) is 0 Å². The molecule has 78 valence electrons. The number of likely N-dealkylation sites (N-methyl/N-ethyl adjacent to an activating group) is 2. The Labute approximate surface area is 86.9 Å². The first-order chi connectivity index (χ1) is 6.66. The van der Waals surface area contributed by atoms with Gasteiger partial charge in [-0.25, -0.2) is 0 Å². The summed E-state index contributed by atoms with van der Waals surface area (Å²) in [4.78, 5) is 2.23. The van der Waals surface area contributed by atoms with Crippen molar-refractivity contribution >= 4 is 0 Å². The Hall–Kier alpha value is -0.860. The van der Waals surface area contributed by atoms with Crippen LogP contribution in [0.25, 0.3) is 0 Å². The van der Waals surface area contributed by atoms with E-state index in [1.165, 1.54) is 5.56 Å². The third-order valence-electron chi connectivity index (χ3n) is 2.77. The molecular weight excluding hydrogens is 172 g/mol. The predicted molar refractivity (Wildman–Crippen MR) is 61.4 cm³/mol. The largest absolute Gasteiger partial charge is 0.312 e. The highest BCUT2D eigenvalue weighted by Gasteiger charge is 2.18. The Kier molecular flexibility index (Phi) is 4.11. The van der Waals surface area contributed by atoms with E-state index in [1.54, 1.807) is 0 Å². The van der Waals surface area contributed by atoms with Gasteiger partial charge in [0, 0.05) is 12.1 Å². The molecule has 0 spiro atoms. The number of hydrogen-bond donors (Lipinski definition) is 1. The second-order valence-corrected chi connectivity index (χ2v) is 3.88. The molecule has 0 saturated heterocycles. The van der Waals surface area contributed by atoms with Gasteiger partial charge in [-0.3, -0.25) is 0 Å². The third-order valence-corrected chi connectivity index (χ3v) is 2.77. The number of benzene rings is 1. The maximum Gasteiger partial charge on any atom is 0.0472 e. The minimum atomic E-state index is 0.395. The molecule has 2 atom stereocenters. The Morgan fingerprint density at radius 2 is 1.71 bits per heavy atom. The number of nitrogens with one attached hydrogen (secondary N) is 1. The summed E-state index contributed by atoms with van der Waals surface area (Å²) < 4.78 is 0. The van der Waals surface area contributed by atoms with E-state index in [1.807, 2.05) is 7.05 Å². The van der Waals surface area contributed by atoms with Gasteiger partial charge in [-0.1, -0.05) is 30.3 Å². The molecule has 2 unspecified atom stereocenters. The van der Waals surface area contributed by atoms with E-state index >= 15 is 0 Å². The van der Waals surface area contributed by atoms with Crippen molar-refractivity contribution < 1.29 is 0 Å². The molecular formula is C12H20N2. The summed E-state index contributed by atoms with van der Waals surface area (Å²) >= 11 is 0. The molecule has 14 heavy (non-hydrogen) atoms. The standard InChI is InChI=1S/C12H20N2/c1-10(14(3)4)12(13-2)11-8-6-5-7-9-11/h5-10,12-13H,1-4H3. The van der Waals surface area contributed by atoms with Crippen LogP contribution in [-0.4, -0.2) is 32.1 Å². The molecule has 1 aromatic carbocycles. The molecule has 0 aromatic heterocycles. The van der Waals surface area contributed by atoms with Crippen molar-refractivity contribution in [1.82, 2.24) is 10.2 Å². The average molecular weight is 192 g/mol. The molecule has 1 N–H and O–H groups in total. The fourth-order valence-electron chi connectivity index (χ4n) is 1.64. The van der Waals surface area contributed by atoms with Gasteiger partial charge in [0.25, 0.3) is 0 Å². The van der Waals surface area contributed by atoms with Crippen molar-refractivity contribution in [3.63, 3.8) is 0 Å². The van der Waals surface area contributed by atoms with Gasteiger partial charge in [-0.2, -0.15) is 0 Å². The highest BCUT2D eigenvalue weighted by Crippen LogP contribution is 2.18. The fourth-order valence-corrected chi connectivity index (χ4v) is 1.64. The van der Waals surface area contributed by atoms with E-state index < -0.39 is 0 Å². The van der Waals surface area contributed by atoms with Crippen LogP contribution in [0.5, 0.6) is 0 Å². The zero-order chi connectivity index (χ0) is 10.6. The number of nitrogens with zero attached hydrogens (tertiary/aromatic N) is 1. The van der Waals surface area contributed by atoms with Crippen LogP contribution in [0.4, 0.5) is 0 Å². The molecule has 0 aliphatic carbocycles. The highest BCUT2D eigenvalue weighted by atomic mass is 15.1. The van der Waals surface area contributed by atoms with Crippen molar-refractivity contribution in [2.75, 3.05) is 21.1 Å². The summed E-state index contributed by atoms with van der Waals surface area (Å²) in [5.41, 5.74) is 1.34. The maximum absolute atomic E-state index is 3.36. The molecule has 0 fully saturated rings. The molecule has 0 bridgehead atoms. The van der Waals surface area contributed by atoms with Gasteiger partial charge in [0.05, 0.1) is 0 Å². The van der Waals surface area contributed by atoms with E-state index in [4.69, 9.17) is 0 Å². The van der Waals surface area contributed by atoms with Crippen LogP contribution >= 0.6 is 0 Å². The summed E-state index contributed by atoms with van der Waals surface area (Å²) in [7, 11) is 6.23. The van der Waals surface area contributed by atoms with Gasteiger partial charge in [0.1, 0.15) is 0 Å². The first-order valence-corrected chi connectivity index (χ1v) is 5.05. The van der Waals surface area contributed by atoms with Crippen LogP contribution in [0.2, 0.25) is 0 Å².